The molecule has 0 aliphatic heterocycles. The van der Waals surface area contributed by atoms with Crippen LogP contribution in [0.15, 0.2) is 53.6 Å². The van der Waals surface area contributed by atoms with E-state index in [1.54, 1.807) is 6.92 Å². The Morgan fingerprint density at radius 2 is 1.89 bits per heavy atom. The minimum atomic E-state index is -0.464. The first-order chi connectivity index (χ1) is 8.57. The molecule has 3 heteroatoms. The van der Waals surface area contributed by atoms with E-state index in [1.165, 1.54) is 7.11 Å². The second-order valence-electron chi connectivity index (χ2n) is 4.23. The van der Waals surface area contributed by atoms with Gasteiger partial charge in [0.15, 0.2) is 5.78 Å². The fourth-order valence-electron chi connectivity index (χ4n) is 2.28. The number of hydrogen-bond donors (Lipinski definition) is 0. The van der Waals surface area contributed by atoms with E-state index in [-0.39, 0.29) is 11.7 Å². The average molecular weight is 242 g/mol. The van der Waals surface area contributed by atoms with Gasteiger partial charge in [-0.05, 0) is 12.5 Å². The van der Waals surface area contributed by atoms with Crippen molar-refractivity contribution in [2.45, 2.75) is 12.8 Å². The van der Waals surface area contributed by atoms with Crippen LogP contribution in [0.2, 0.25) is 0 Å². The molecule has 0 radical (unpaired) electrons. The van der Waals surface area contributed by atoms with E-state index >= 15 is 0 Å². The van der Waals surface area contributed by atoms with Crippen molar-refractivity contribution < 1.29 is 14.3 Å². The summed E-state index contributed by atoms with van der Waals surface area (Å²) < 4.78 is 4.76. The number of carbonyl (C=O) groups is 2. The number of hydrogen-bond acceptors (Lipinski definition) is 3. The Bertz CT molecular complexity index is 552. The zero-order valence-electron chi connectivity index (χ0n) is 10.4. The van der Waals surface area contributed by atoms with Crippen molar-refractivity contribution in [1.82, 2.24) is 0 Å². The third-order valence-electron chi connectivity index (χ3n) is 3.21. The van der Waals surface area contributed by atoms with Crippen molar-refractivity contribution in [2.75, 3.05) is 7.11 Å². The second kappa shape index (κ2) is 4.61. The normalized spacial score (nSPS) is 19.3. The van der Waals surface area contributed by atoms with E-state index < -0.39 is 5.97 Å². The van der Waals surface area contributed by atoms with Crippen LogP contribution in [-0.2, 0) is 14.3 Å². The number of benzene rings is 1. The zero-order chi connectivity index (χ0) is 13.3. The number of ketones is 1. The topological polar surface area (TPSA) is 43.4 Å². The highest BCUT2D eigenvalue weighted by Crippen LogP contribution is 2.40. The molecule has 1 atom stereocenters. The number of methoxy groups -OCH3 is 1. The average Bonchev–Trinajstić information content (AvgIpc) is 2.63. The Hall–Kier alpha value is -2.16. The molecule has 0 aromatic heterocycles. The zero-order valence-corrected chi connectivity index (χ0v) is 10.4. The fourth-order valence-corrected chi connectivity index (χ4v) is 2.28. The van der Waals surface area contributed by atoms with Crippen LogP contribution in [0.3, 0.4) is 0 Å². The summed E-state index contributed by atoms with van der Waals surface area (Å²) in [6.07, 6.45) is 0. The lowest BCUT2D eigenvalue weighted by atomic mass is 9.89. The van der Waals surface area contributed by atoms with Crippen LogP contribution >= 0.6 is 0 Å². The number of rotatable bonds is 2. The van der Waals surface area contributed by atoms with Crippen LogP contribution in [0.4, 0.5) is 0 Å². The molecule has 0 heterocycles. The van der Waals surface area contributed by atoms with Crippen LogP contribution in [0.25, 0.3) is 0 Å². The maximum absolute atomic E-state index is 12.0. The summed E-state index contributed by atoms with van der Waals surface area (Å²) >= 11 is 0. The number of Topliss-reactive ketones (excluding diaryl/α,β-unsaturated/α-hetero) is 1. The third-order valence-corrected chi connectivity index (χ3v) is 3.21. The molecule has 2 rings (SSSR count). The van der Waals surface area contributed by atoms with Crippen molar-refractivity contribution in [3.05, 3.63) is 59.2 Å². The Morgan fingerprint density at radius 1 is 1.28 bits per heavy atom. The van der Waals surface area contributed by atoms with Gasteiger partial charge < -0.3 is 4.74 Å². The lowest BCUT2D eigenvalue weighted by Crippen LogP contribution is -2.11. The number of ether oxygens (including phenoxy) is 1. The molecule has 0 saturated heterocycles. The molecule has 0 saturated carbocycles. The molecule has 0 spiro atoms. The molecular formula is C15H14O3. The summed E-state index contributed by atoms with van der Waals surface area (Å²) in [6, 6.07) is 9.39. The molecular weight excluding hydrogens is 228 g/mol. The Morgan fingerprint density at radius 3 is 2.44 bits per heavy atom. The second-order valence-corrected chi connectivity index (χ2v) is 4.23. The van der Waals surface area contributed by atoms with E-state index in [9.17, 15) is 9.59 Å². The highest BCUT2D eigenvalue weighted by Gasteiger charge is 2.38. The SMILES string of the molecule is C=C1C(=O)C(C)=C(C(=O)OC)C1c1ccccc1. The van der Waals surface area contributed by atoms with E-state index in [4.69, 9.17) is 4.74 Å². The maximum atomic E-state index is 12.0. The van der Waals surface area contributed by atoms with Gasteiger partial charge >= 0.3 is 5.97 Å². The lowest BCUT2D eigenvalue weighted by molar-refractivity contribution is -0.136. The molecule has 0 amide bonds. The van der Waals surface area contributed by atoms with Crippen molar-refractivity contribution in [3.63, 3.8) is 0 Å². The molecule has 1 aliphatic rings. The Balaban J connectivity index is 2.55. The fraction of sp³-hybridized carbons (Fsp3) is 0.200. The summed E-state index contributed by atoms with van der Waals surface area (Å²) in [4.78, 5) is 23.8. The largest absolute Gasteiger partial charge is 0.466 e. The minimum Gasteiger partial charge on any atom is -0.466 e. The predicted octanol–water partition coefficient (Wildman–Crippen LogP) is 2.40. The summed E-state index contributed by atoms with van der Waals surface area (Å²) in [5, 5.41) is 0. The molecule has 0 fully saturated rings. The Kier molecular flexibility index (Phi) is 3.15. The van der Waals surface area contributed by atoms with Crippen LogP contribution < -0.4 is 0 Å². The molecule has 1 unspecified atom stereocenters. The highest BCUT2D eigenvalue weighted by atomic mass is 16.5. The van der Waals surface area contributed by atoms with Crippen LogP contribution in [-0.4, -0.2) is 18.9 Å². The van der Waals surface area contributed by atoms with E-state index in [0.29, 0.717) is 16.7 Å². The van der Waals surface area contributed by atoms with E-state index in [2.05, 4.69) is 6.58 Å². The smallest absolute Gasteiger partial charge is 0.335 e. The van der Waals surface area contributed by atoms with Gasteiger partial charge in [-0.2, -0.15) is 0 Å². The molecule has 92 valence electrons. The molecule has 1 aromatic carbocycles. The lowest BCUT2D eigenvalue weighted by Gasteiger charge is -2.14. The van der Waals surface area contributed by atoms with Crippen molar-refractivity contribution >= 4 is 11.8 Å². The van der Waals surface area contributed by atoms with Crippen LogP contribution in [0.1, 0.15) is 18.4 Å². The number of carbonyl (C=O) groups excluding carboxylic acids is 2. The van der Waals surface area contributed by atoms with E-state index in [1.807, 2.05) is 30.3 Å². The quantitative estimate of drug-likeness (QED) is 0.591. The van der Waals surface area contributed by atoms with Gasteiger partial charge in [-0.3, -0.25) is 4.79 Å². The summed E-state index contributed by atoms with van der Waals surface area (Å²) in [6.45, 7) is 5.45. The first-order valence-corrected chi connectivity index (χ1v) is 5.65. The van der Waals surface area contributed by atoms with Gasteiger partial charge in [0.2, 0.25) is 0 Å². The monoisotopic (exact) mass is 242 g/mol. The third kappa shape index (κ3) is 1.78. The number of allylic oxidation sites excluding steroid dienone is 2. The first kappa shape index (κ1) is 12.3. The van der Waals surface area contributed by atoms with Gasteiger partial charge in [-0.15, -0.1) is 0 Å². The summed E-state index contributed by atoms with van der Waals surface area (Å²) in [5.74, 6) is -1.01. The van der Waals surface area contributed by atoms with Gasteiger partial charge in [-0.1, -0.05) is 36.9 Å². The highest BCUT2D eigenvalue weighted by molar-refractivity contribution is 6.18. The van der Waals surface area contributed by atoms with Crippen molar-refractivity contribution in [3.8, 4) is 0 Å². The van der Waals surface area contributed by atoms with Gasteiger partial charge in [0.05, 0.1) is 12.7 Å². The molecule has 0 N–H and O–H groups in total. The predicted molar refractivity (Wildman–Crippen MR) is 68.0 cm³/mol. The van der Waals surface area contributed by atoms with Crippen molar-refractivity contribution in [1.29, 1.82) is 0 Å². The molecule has 1 aromatic rings. The Labute approximate surface area is 106 Å². The standard InChI is InChI=1S/C15H14O3/c1-9-12(11-7-5-4-6-8-11)13(15(17)18-3)10(2)14(9)16/h4-8,12H,1H2,2-3H3. The van der Waals surface area contributed by atoms with E-state index in [0.717, 1.165) is 5.56 Å². The van der Waals surface area contributed by atoms with Crippen LogP contribution in [0, 0.1) is 0 Å². The van der Waals surface area contributed by atoms with Crippen LogP contribution in [0.5, 0.6) is 0 Å². The molecule has 18 heavy (non-hydrogen) atoms. The molecule has 0 bridgehead atoms. The molecule has 3 nitrogen and oxygen atoms in total. The summed E-state index contributed by atoms with van der Waals surface area (Å²) in [7, 11) is 1.32. The summed E-state index contributed by atoms with van der Waals surface area (Å²) in [5.41, 5.74) is 2.15. The number of esters is 1. The maximum Gasteiger partial charge on any atom is 0.335 e. The van der Waals surface area contributed by atoms with Gasteiger partial charge in [0.1, 0.15) is 0 Å². The first-order valence-electron chi connectivity index (χ1n) is 5.65. The molecule has 1 aliphatic carbocycles. The van der Waals surface area contributed by atoms with Gasteiger partial charge in [0.25, 0.3) is 0 Å². The minimum absolute atomic E-state index is 0.163. The van der Waals surface area contributed by atoms with Gasteiger partial charge in [0, 0.05) is 17.1 Å². The van der Waals surface area contributed by atoms with Crippen molar-refractivity contribution in [2.24, 2.45) is 0 Å². The van der Waals surface area contributed by atoms with Gasteiger partial charge in [-0.25, -0.2) is 4.79 Å².